The number of carbonyl (C=O) groups excluding carboxylic acids is 2. The molecule has 0 saturated carbocycles. The fraction of sp³-hybridized carbons (Fsp3) is 0.0357. The maximum absolute atomic E-state index is 12.7. The zero-order valence-corrected chi connectivity index (χ0v) is 23.1. The number of benzene rings is 4. The minimum absolute atomic E-state index is 0. The summed E-state index contributed by atoms with van der Waals surface area (Å²) in [6.45, 7) is 1.58. The number of amides is 3. The Morgan fingerprint density at radius 2 is 1.35 bits per heavy atom. The van der Waals surface area contributed by atoms with Crippen LogP contribution in [0.5, 0.6) is 0 Å². The van der Waals surface area contributed by atoms with Gasteiger partial charge in [-0.3, -0.25) is 4.79 Å². The van der Waals surface area contributed by atoms with Gasteiger partial charge in [0.1, 0.15) is 15.1 Å². The second kappa shape index (κ2) is 11.6. The molecule has 12 heteroatoms. The monoisotopic (exact) mass is 575 g/mol. The molecule has 0 unspecified atom stereocenters. The number of urea groups is 1. The molecule has 0 aliphatic rings. The Morgan fingerprint density at radius 1 is 0.775 bits per heavy atom. The predicted molar refractivity (Wildman–Crippen MR) is 157 cm³/mol. The SMILES string of the molecule is Cc1ccc2nc(-c3ccc(NC(=O)c4ccc(NC(=O)Nc5ccccc5)cc4)cc3)sc2c1S(=O)(=O)[O-].[NH4+]. The molecule has 0 atom stereocenters. The summed E-state index contributed by atoms with van der Waals surface area (Å²) < 4.78 is 35.6. The van der Waals surface area contributed by atoms with E-state index in [4.69, 9.17) is 0 Å². The van der Waals surface area contributed by atoms with Crippen LogP contribution < -0.4 is 22.1 Å². The number of carbonyl (C=O) groups is 2. The smallest absolute Gasteiger partial charge is 0.323 e. The van der Waals surface area contributed by atoms with E-state index in [0.717, 1.165) is 11.3 Å². The van der Waals surface area contributed by atoms with Crippen molar-refractivity contribution in [2.75, 3.05) is 16.0 Å². The summed E-state index contributed by atoms with van der Waals surface area (Å²) in [6, 6.07) is 25.3. The number of aryl methyl sites for hydroxylation is 1. The van der Waals surface area contributed by atoms with Crippen molar-refractivity contribution >= 4 is 60.7 Å². The minimum Gasteiger partial charge on any atom is -0.744 e. The van der Waals surface area contributed by atoms with Crippen LogP contribution in [-0.2, 0) is 10.1 Å². The molecule has 0 radical (unpaired) electrons. The van der Waals surface area contributed by atoms with Gasteiger partial charge >= 0.3 is 6.03 Å². The standard InChI is InChI=1S/C28H22N4O5S2.H3N/c1-17-7-16-23-24(25(17)39(35,36)37)38-27(32-23)19-10-14-21(15-11-19)29-26(33)18-8-12-22(13-9-18)31-28(34)30-20-5-3-2-4-6-20;/h2-16H,1H3,(H,29,33)(H2,30,31,34)(H,35,36,37);1H3. The Hall–Kier alpha value is -4.62. The van der Waals surface area contributed by atoms with Gasteiger partial charge in [0.25, 0.3) is 5.91 Å². The quantitative estimate of drug-likeness (QED) is 0.169. The molecule has 0 aliphatic heterocycles. The first-order valence-electron chi connectivity index (χ1n) is 11.7. The summed E-state index contributed by atoms with van der Waals surface area (Å²) in [5.41, 5.74) is 3.67. The van der Waals surface area contributed by atoms with Crippen LogP contribution in [0.2, 0.25) is 0 Å². The molecular weight excluding hydrogens is 550 g/mol. The maximum Gasteiger partial charge on any atom is 0.323 e. The number of thiazole rings is 1. The van der Waals surface area contributed by atoms with Crippen LogP contribution in [0, 0.1) is 6.92 Å². The van der Waals surface area contributed by atoms with E-state index in [-0.39, 0.29) is 17.0 Å². The predicted octanol–water partition coefficient (Wildman–Crippen LogP) is 6.45. The molecule has 204 valence electrons. The van der Waals surface area contributed by atoms with Crippen molar-refractivity contribution in [3.05, 3.63) is 102 Å². The number of hydrogen-bond donors (Lipinski definition) is 4. The van der Waals surface area contributed by atoms with E-state index in [1.165, 1.54) is 0 Å². The van der Waals surface area contributed by atoms with Crippen molar-refractivity contribution < 1.29 is 22.6 Å². The average Bonchev–Trinajstić information content (AvgIpc) is 3.33. The Bertz CT molecular complexity index is 1790. The van der Waals surface area contributed by atoms with Gasteiger partial charge < -0.3 is 26.7 Å². The molecule has 3 amide bonds. The van der Waals surface area contributed by atoms with Crippen LogP contribution in [0.15, 0.2) is 95.9 Å². The Morgan fingerprint density at radius 3 is 1.98 bits per heavy atom. The van der Waals surface area contributed by atoms with Gasteiger partial charge in [-0.25, -0.2) is 18.2 Å². The van der Waals surface area contributed by atoms with Crippen molar-refractivity contribution in [3.8, 4) is 10.6 Å². The number of fused-ring (bicyclic) bond motifs is 1. The Kier molecular flexibility index (Phi) is 8.26. The van der Waals surface area contributed by atoms with Crippen molar-refractivity contribution in [3.63, 3.8) is 0 Å². The molecule has 5 aromatic rings. The highest BCUT2D eigenvalue weighted by molar-refractivity contribution is 7.86. The van der Waals surface area contributed by atoms with Crippen LogP contribution in [0.25, 0.3) is 20.8 Å². The highest BCUT2D eigenvalue weighted by atomic mass is 32.2. The molecule has 0 aliphatic carbocycles. The van der Waals surface area contributed by atoms with Gasteiger partial charge in [-0.2, -0.15) is 0 Å². The molecule has 0 bridgehead atoms. The van der Waals surface area contributed by atoms with E-state index in [2.05, 4.69) is 20.9 Å². The first kappa shape index (κ1) is 28.4. The molecule has 7 N–H and O–H groups in total. The van der Waals surface area contributed by atoms with Gasteiger partial charge in [-0.05, 0) is 79.2 Å². The second-order valence-electron chi connectivity index (χ2n) is 8.59. The van der Waals surface area contributed by atoms with Crippen molar-refractivity contribution in [2.24, 2.45) is 0 Å². The number of quaternary nitrogens is 1. The molecular formula is C28H25N5O5S2. The van der Waals surface area contributed by atoms with Gasteiger partial charge in [-0.15, -0.1) is 11.3 Å². The fourth-order valence-corrected chi connectivity index (χ4v) is 6.21. The lowest BCUT2D eigenvalue weighted by Gasteiger charge is -2.10. The Labute approximate surface area is 234 Å². The van der Waals surface area contributed by atoms with E-state index < -0.39 is 16.1 Å². The summed E-state index contributed by atoms with van der Waals surface area (Å²) in [4.78, 5) is 29.1. The molecule has 1 heterocycles. The fourth-order valence-electron chi connectivity index (χ4n) is 3.92. The highest BCUT2D eigenvalue weighted by Crippen LogP contribution is 2.36. The summed E-state index contributed by atoms with van der Waals surface area (Å²) in [5, 5.41) is 8.81. The van der Waals surface area contributed by atoms with E-state index in [9.17, 15) is 22.6 Å². The van der Waals surface area contributed by atoms with Crippen LogP contribution in [0.3, 0.4) is 0 Å². The molecule has 40 heavy (non-hydrogen) atoms. The normalized spacial score (nSPS) is 10.9. The van der Waals surface area contributed by atoms with Crippen LogP contribution in [0.4, 0.5) is 21.9 Å². The summed E-state index contributed by atoms with van der Waals surface area (Å²) in [6.07, 6.45) is 0. The average molecular weight is 576 g/mol. The highest BCUT2D eigenvalue weighted by Gasteiger charge is 2.16. The number of nitrogens with one attached hydrogen (secondary N) is 3. The molecule has 0 saturated heterocycles. The van der Waals surface area contributed by atoms with Gasteiger partial charge in [0.2, 0.25) is 0 Å². The summed E-state index contributed by atoms with van der Waals surface area (Å²) in [5.74, 6) is -0.330. The largest absolute Gasteiger partial charge is 0.744 e. The third-order valence-corrected chi connectivity index (χ3v) is 8.08. The molecule has 1 aromatic heterocycles. The third-order valence-electron chi connectivity index (χ3n) is 5.79. The summed E-state index contributed by atoms with van der Waals surface area (Å²) >= 11 is 1.13. The van der Waals surface area contributed by atoms with Crippen molar-refractivity contribution in [2.45, 2.75) is 11.8 Å². The third kappa shape index (κ3) is 6.33. The first-order chi connectivity index (χ1) is 18.7. The van der Waals surface area contributed by atoms with Gasteiger partial charge in [-0.1, -0.05) is 24.3 Å². The van der Waals surface area contributed by atoms with E-state index in [1.807, 2.05) is 18.2 Å². The molecule has 5 rings (SSSR count). The zero-order chi connectivity index (χ0) is 27.6. The van der Waals surface area contributed by atoms with E-state index in [0.29, 0.717) is 49.0 Å². The first-order valence-corrected chi connectivity index (χ1v) is 13.9. The van der Waals surface area contributed by atoms with Gasteiger partial charge in [0.15, 0.2) is 0 Å². The van der Waals surface area contributed by atoms with Crippen LogP contribution in [-0.4, -0.2) is 29.9 Å². The molecule has 4 aromatic carbocycles. The lowest BCUT2D eigenvalue weighted by Crippen LogP contribution is -2.19. The van der Waals surface area contributed by atoms with Gasteiger partial charge in [0.05, 0.1) is 15.1 Å². The Balaban J connectivity index is 0.00000370. The number of para-hydroxylation sites is 1. The van der Waals surface area contributed by atoms with Gasteiger partial charge in [0, 0.05) is 28.2 Å². The lowest BCUT2D eigenvalue weighted by atomic mass is 10.1. The number of anilines is 3. The number of aromatic nitrogens is 1. The van der Waals surface area contributed by atoms with Crippen LogP contribution >= 0.6 is 11.3 Å². The lowest BCUT2D eigenvalue weighted by molar-refractivity contribution is 0.102. The summed E-state index contributed by atoms with van der Waals surface area (Å²) in [7, 11) is -4.65. The second-order valence-corrected chi connectivity index (χ2v) is 10.9. The van der Waals surface area contributed by atoms with Crippen LogP contribution in [0.1, 0.15) is 15.9 Å². The molecule has 10 nitrogen and oxygen atoms in total. The van der Waals surface area contributed by atoms with E-state index in [1.54, 1.807) is 79.7 Å². The number of hydrogen-bond acceptors (Lipinski definition) is 7. The van der Waals surface area contributed by atoms with E-state index >= 15 is 0 Å². The number of nitrogens with zero attached hydrogens (tertiary/aromatic N) is 1. The zero-order valence-electron chi connectivity index (χ0n) is 21.5. The topological polar surface area (TPSA) is 177 Å². The number of rotatable bonds is 6. The van der Waals surface area contributed by atoms with Crippen molar-refractivity contribution in [1.29, 1.82) is 0 Å². The molecule has 0 fully saturated rings. The maximum atomic E-state index is 12.7. The minimum atomic E-state index is -4.65. The molecule has 0 spiro atoms. The van der Waals surface area contributed by atoms with Crippen molar-refractivity contribution in [1.82, 2.24) is 11.1 Å².